The molecule has 7 heteroatoms. The minimum absolute atomic E-state index is 0.0608. The number of aromatic nitrogens is 1. The first kappa shape index (κ1) is 16.1. The van der Waals surface area contributed by atoms with Crippen molar-refractivity contribution in [1.82, 2.24) is 4.57 Å². The number of halogens is 3. The average molecular weight is 407 g/mol. The topological polar surface area (TPSA) is 34.5 Å². The first-order chi connectivity index (χ1) is 11.8. The lowest BCUT2D eigenvalue weighted by Gasteiger charge is -2.16. The van der Waals surface area contributed by atoms with Crippen LogP contribution in [0.25, 0.3) is 10.9 Å². The molecule has 4 rings (SSSR count). The molecule has 0 saturated heterocycles. The van der Waals surface area contributed by atoms with Crippen molar-refractivity contribution in [3.8, 4) is 5.75 Å². The van der Waals surface area contributed by atoms with E-state index in [4.69, 9.17) is 0 Å². The largest absolute Gasteiger partial charge is 0.459 e. The lowest BCUT2D eigenvalue weighted by Crippen LogP contribution is -2.22. The molecule has 0 saturated carbocycles. The first-order valence-electron chi connectivity index (χ1n) is 7.57. The number of aryl methyl sites for hydroxylation is 1. The molecule has 128 valence electrons. The van der Waals surface area contributed by atoms with Crippen molar-refractivity contribution in [3.63, 3.8) is 0 Å². The Labute approximate surface area is 150 Å². The molecule has 0 spiro atoms. The van der Waals surface area contributed by atoms with E-state index in [1.54, 1.807) is 11.0 Å². The molecular formula is C18H13BrF2N2O2. The van der Waals surface area contributed by atoms with Crippen molar-refractivity contribution >= 4 is 38.4 Å². The fourth-order valence-corrected chi connectivity index (χ4v) is 3.31. The fourth-order valence-electron chi connectivity index (χ4n) is 3.12. The number of ether oxygens (including phenoxy) is 1. The van der Waals surface area contributed by atoms with Crippen LogP contribution in [-0.4, -0.2) is 15.5 Å². The van der Waals surface area contributed by atoms with Gasteiger partial charge in [-0.2, -0.15) is 8.78 Å². The second-order valence-electron chi connectivity index (χ2n) is 5.93. The average Bonchev–Trinajstić information content (AvgIpc) is 3.07. The van der Waals surface area contributed by atoms with Gasteiger partial charge in [0.2, 0.25) is 0 Å². The monoisotopic (exact) mass is 406 g/mol. The molecule has 0 aliphatic carbocycles. The van der Waals surface area contributed by atoms with Crippen LogP contribution in [0.2, 0.25) is 0 Å². The summed E-state index contributed by atoms with van der Waals surface area (Å²) in [6, 6.07) is 12.2. The molecule has 0 unspecified atom stereocenters. The van der Waals surface area contributed by atoms with Crippen molar-refractivity contribution in [2.75, 3.05) is 4.90 Å². The highest BCUT2D eigenvalue weighted by Crippen LogP contribution is 2.34. The van der Waals surface area contributed by atoms with E-state index in [2.05, 4.69) is 20.7 Å². The molecule has 1 amide bonds. The normalized spacial score (nSPS) is 14.2. The third kappa shape index (κ3) is 2.89. The molecule has 0 radical (unpaired) electrons. The number of carbonyl (C=O) groups excluding carboxylic acids is 1. The van der Waals surface area contributed by atoms with Gasteiger partial charge in [0.25, 0.3) is 5.91 Å². The first-order valence-corrected chi connectivity index (χ1v) is 8.37. The molecule has 0 N–H and O–H groups in total. The second-order valence-corrected chi connectivity index (χ2v) is 6.85. The second kappa shape index (κ2) is 5.56. The summed E-state index contributed by atoms with van der Waals surface area (Å²) in [5.74, 6) is -0.289. The van der Waals surface area contributed by atoms with Gasteiger partial charge < -0.3 is 14.2 Å². The van der Waals surface area contributed by atoms with E-state index in [1.807, 2.05) is 42.1 Å². The Morgan fingerprint density at radius 1 is 1.16 bits per heavy atom. The third-order valence-electron chi connectivity index (χ3n) is 4.30. The van der Waals surface area contributed by atoms with Gasteiger partial charge in [0.15, 0.2) is 0 Å². The minimum Gasteiger partial charge on any atom is -0.424 e. The predicted molar refractivity (Wildman–Crippen MR) is 94.4 cm³/mol. The Kier molecular flexibility index (Phi) is 3.57. The smallest absolute Gasteiger partial charge is 0.424 e. The number of rotatable bonds is 3. The number of hydrogen-bond donors (Lipinski definition) is 0. The molecule has 1 aromatic heterocycles. The number of nitrogens with zero attached hydrogens (tertiary/aromatic N) is 2. The summed E-state index contributed by atoms with van der Waals surface area (Å²) in [4.78, 5) is 14.4. The maximum absolute atomic E-state index is 12.9. The van der Waals surface area contributed by atoms with Crippen LogP contribution in [0.15, 0.2) is 48.7 Å². The van der Waals surface area contributed by atoms with Gasteiger partial charge in [-0.1, -0.05) is 6.07 Å². The number of hydrogen-bond acceptors (Lipinski definition) is 2. The summed E-state index contributed by atoms with van der Waals surface area (Å²) in [5.41, 5.74) is 3.00. The summed E-state index contributed by atoms with van der Waals surface area (Å²) in [6.45, 7) is 0.400. The van der Waals surface area contributed by atoms with E-state index in [-0.39, 0.29) is 11.7 Å². The zero-order valence-electron chi connectivity index (χ0n) is 13.2. The van der Waals surface area contributed by atoms with Crippen molar-refractivity contribution in [2.24, 2.45) is 7.05 Å². The van der Waals surface area contributed by atoms with Gasteiger partial charge in [0.1, 0.15) is 5.75 Å². The van der Waals surface area contributed by atoms with Crippen LogP contribution in [-0.2, 0) is 13.6 Å². The van der Waals surface area contributed by atoms with Crippen molar-refractivity contribution in [1.29, 1.82) is 0 Å². The summed E-state index contributed by atoms with van der Waals surface area (Å²) in [5, 5.41) is -2.44. The molecule has 0 bridgehead atoms. The van der Waals surface area contributed by atoms with Gasteiger partial charge in [-0.05, 0) is 42.0 Å². The van der Waals surface area contributed by atoms with Crippen LogP contribution >= 0.6 is 15.9 Å². The number of benzene rings is 2. The van der Waals surface area contributed by atoms with Gasteiger partial charge >= 0.3 is 5.02 Å². The van der Waals surface area contributed by atoms with Gasteiger partial charge in [-0.25, -0.2) is 0 Å². The summed E-state index contributed by atoms with van der Waals surface area (Å²) < 4.78 is 32.4. The molecule has 1 aliphatic rings. The summed E-state index contributed by atoms with van der Waals surface area (Å²) in [7, 11) is 1.96. The number of carbonyl (C=O) groups is 1. The number of amides is 1. The van der Waals surface area contributed by atoms with E-state index in [1.165, 1.54) is 12.1 Å². The highest BCUT2D eigenvalue weighted by Gasteiger charge is 2.31. The highest BCUT2D eigenvalue weighted by atomic mass is 79.9. The predicted octanol–water partition coefficient (Wildman–Crippen LogP) is 4.66. The van der Waals surface area contributed by atoms with E-state index >= 15 is 0 Å². The molecule has 2 aromatic carbocycles. The van der Waals surface area contributed by atoms with E-state index in [9.17, 15) is 13.6 Å². The number of anilines is 1. The van der Waals surface area contributed by atoms with E-state index < -0.39 is 5.02 Å². The molecule has 4 nitrogen and oxygen atoms in total. The van der Waals surface area contributed by atoms with Gasteiger partial charge in [0.05, 0.1) is 6.54 Å². The molecule has 25 heavy (non-hydrogen) atoms. The van der Waals surface area contributed by atoms with Crippen LogP contribution in [0.3, 0.4) is 0 Å². The van der Waals surface area contributed by atoms with Crippen molar-refractivity contribution in [3.05, 3.63) is 59.8 Å². The lowest BCUT2D eigenvalue weighted by molar-refractivity contribution is -0.0803. The Hall–Kier alpha value is -2.41. The molecule has 0 atom stereocenters. The quantitative estimate of drug-likeness (QED) is 0.592. The van der Waals surface area contributed by atoms with Crippen LogP contribution in [0.5, 0.6) is 5.75 Å². The van der Waals surface area contributed by atoms with Gasteiger partial charge in [-0.3, -0.25) is 4.79 Å². The molecule has 0 fully saturated rings. The van der Waals surface area contributed by atoms with Gasteiger partial charge in [0, 0.05) is 51.3 Å². The SMILES string of the molecule is Cn1ccc2cc(N3Cc4ccc(OC(F)(F)Br)cc4C3=O)ccc21. The molecule has 1 aliphatic heterocycles. The number of fused-ring (bicyclic) bond motifs is 2. The Morgan fingerprint density at radius 2 is 1.96 bits per heavy atom. The molecule has 2 heterocycles. The van der Waals surface area contributed by atoms with Crippen LogP contribution in [0.4, 0.5) is 14.5 Å². The molecular weight excluding hydrogens is 394 g/mol. The van der Waals surface area contributed by atoms with E-state index in [0.29, 0.717) is 12.1 Å². The zero-order chi connectivity index (χ0) is 17.8. The summed E-state index contributed by atoms with van der Waals surface area (Å²) >= 11 is 2.13. The van der Waals surface area contributed by atoms with Crippen molar-refractivity contribution < 1.29 is 18.3 Å². The highest BCUT2D eigenvalue weighted by molar-refractivity contribution is 9.09. The van der Waals surface area contributed by atoms with Crippen LogP contribution in [0, 0.1) is 0 Å². The van der Waals surface area contributed by atoms with Crippen LogP contribution < -0.4 is 9.64 Å². The lowest BCUT2D eigenvalue weighted by atomic mass is 10.1. The standard InChI is InChI=1S/C18H13BrF2N2O2/c1-22-7-6-11-8-13(3-5-16(11)22)23-10-12-2-4-14(25-18(19,20)21)9-15(12)17(23)24/h2-9H,10H2,1H3. The summed E-state index contributed by atoms with van der Waals surface area (Å²) in [6.07, 6.45) is 1.96. The Bertz CT molecular complexity index is 994. The third-order valence-corrected chi connectivity index (χ3v) is 4.46. The maximum Gasteiger partial charge on any atom is 0.459 e. The Balaban J connectivity index is 1.67. The maximum atomic E-state index is 12.9. The van der Waals surface area contributed by atoms with Crippen LogP contribution in [0.1, 0.15) is 15.9 Å². The van der Waals surface area contributed by atoms with Gasteiger partial charge in [-0.15, -0.1) is 0 Å². The zero-order valence-corrected chi connectivity index (χ0v) is 14.8. The fraction of sp³-hybridized carbons (Fsp3) is 0.167. The number of alkyl halides is 3. The Morgan fingerprint density at radius 3 is 2.72 bits per heavy atom. The van der Waals surface area contributed by atoms with Crippen molar-refractivity contribution in [2.45, 2.75) is 11.6 Å². The molecule has 3 aromatic rings. The van der Waals surface area contributed by atoms with E-state index in [0.717, 1.165) is 22.2 Å². The minimum atomic E-state index is -3.47.